The summed E-state index contributed by atoms with van der Waals surface area (Å²) < 4.78 is 7.67. The first-order valence-electron chi connectivity index (χ1n) is 6.73. The van der Waals surface area contributed by atoms with E-state index in [4.69, 9.17) is 4.74 Å². The molecule has 21 heavy (non-hydrogen) atoms. The first-order chi connectivity index (χ1) is 10.4. The number of para-hydroxylation sites is 1. The van der Waals surface area contributed by atoms with Gasteiger partial charge in [-0.1, -0.05) is 30.3 Å². The highest BCUT2D eigenvalue weighted by molar-refractivity contribution is 5.35. The summed E-state index contributed by atoms with van der Waals surface area (Å²) in [6.07, 6.45) is 5.41. The average Bonchev–Trinajstić information content (AvgIpc) is 3.08. The second-order valence-electron chi connectivity index (χ2n) is 4.68. The van der Waals surface area contributed by atoms with Crippen LogP contribution in [0.5, 0.6) is 5.75 Å². The Labute approximate surface area is 123 Å². The van der Waals surface area contributed by atoms with Gasteiger partial charge in [-0.15, -0.1) is 0 Å². The monoisotopic (exact) mass is 279 g/mol. The SMILES string of the molecule is [O]Cc1ccccc1OCc1ccc(-n2ccnc2)cc1. The van der Waals surface area contributed by atoms with E-state index < -0.39 is 0 Å². The van der Waals surface area contributed by atoms with Crippen molar-refractivity contribution in [3.05, 3.63) is 78.4 Å². The minimum atomic E-state index is -0.268. The van der Waals surface area contributed by atoms with Crippen molar-refractivity contribution in [1.29, 1.82) is 0 Å². The Morgan fingerprint density at radius 1 is 1.05 bits per heavy atom. The van der Waals surface area contributed by atoms with Crippen molar-refractivity contribution in [2.45, 2.75) is 13.2 Å². The molecule has 0 unspecified atom stereocenters. The first kappa shape index (κ1) is 13.4. The molecule has 0 aliphatic rings. The van der Waals surface area contributed by atoms with Crippen LogP contribution in [0.15, 0.2) is 67.3 Å². The number of aromatic nitrogens is 2. The van der Waals surface area contributed by atoms with Gasteiger partial charge in [-0.25, -0.2) is 10.1 Å². The summed E-state index contributed by atoms with van der Waals surface area (Å²) in [6.45, 7) is 0.178. The molecule has 1 radical (unpaired) electrons. The highest BCUT2D eigenvalue weighted by Crippen LogP contribution is 2.19. The molecule has 0 atom stereocenters. The zero-order valence-electron chi connectivity index (χ0n) is 11.5. The molecule has 3 rings (SSSR count). The lowest BCUT2D eigenvalue weighted by Gasteiger charge is -2.10. The normalized spacial score (nSPS) is 10.5. The fourth-order valence-corrected chi connectivity index (χ4v) is 2.10. The van der Waals surface area contributed by atoms with Crippen LogP contribution in [0.4, 0.5) is 0 Å². The van der Waals surface area contributed by atoms with Crippen molar-refractivity contribution in [1.82, 2.24) is 9.55 Å². The summed E-state index contributed by atoms with van der Waals surface area (Å²) in [5.74, 6) is 0.659. The molecule has 1 aromatic heterocycles. The minimum Gasteiger partial charge on any atom is -0.489 e. The Kier molecular flexibility index (Phi) is 3.98. The van der Waals surface area contributed by atoms with Crippen LogP contribution in [-0.4, -0.2) is 9.55 Å². The van der Waals surface area contributed by atoms with Gasteiger partial charge in [0, 0.05) is 23.6 Å². The third-order valence-electron chi connectivity index (χ3n) is 3.26. The van der Waals surface area contributed by atoms with Crippen molar-refractivity contribution < 1.29 is 9.84 Å². The number of ether oxygens (including phenoxy) is 1. The minimum absolute atomic E-state index is 0.268. The second kappa shape index (κ2) is 6.24. The number of rotatable bonds is 5. The Hall–Kier alpha value is -2.59. The summed E-state index contributed by atoms with van der Waals surface area (Å²) in [5, 5.41) is 11.1. The van der Waals surface area contributed by atoms with Crippen LogP contribution >= 0.6 is 0 Å². The zero-order chi connectivity index (χ0) is 14.5. The highest BCUT2D eigenvalue weighted by Gasteiger charge is 2.03. The van der Waals surface area contributed by atoms with E-state index in [9.17, 15) is 5.11 Å². The fourth-order valence-electron chi connectivity index (χ4n) is 2.10. The predicted octanol–water partition coefficient (Wildman–Crippen LogP) is 3.38. The Morgan fingerprint density at radius 3 is 2.57 bits per heavy atom. The topological polar surface area (TPSA) is 47.0 Å². The van der Waals surface area contributed by atoms with Gasteiger partial charge >= 0.3 is 0 Å². The number of benzene rings is 2. The molecule has 4 heteroatoms. The maximum absolute atomic E-state index is 11.1. The maximum atomic E-state index is 11.1. The van der Waals surface area contributed by atoms with E-state index in [1.54, 1.807) is 18.6 Å². The molecule has 105 valence electrons. The molecular weight excluding hydrogens is 264 g/mol. The third kappa shape index (κ3) is 3.12. The lowest BCUT2D eigenvalue weighted by molar-refractivity contribution is 0.171. The summed E-state index contributed by atoms with van der Waals surface area (Å²) in [7, 11) is 0. The van der Waals surface area contributed by atoms with Crippen molar-refractivity contribution in [3.63, 3.8) is 0 Å². The molecule has 3 aromatic rings. The lowest BCUT2D eigenvalue weighted by atomic mass is 10.2. The van der Waals surface area contributed by atoms with Crippen LogP contribution < -0.4 is 4.74 Å². The van der Waals surface area contributed by atoms with Crippen molar-refractivity contribution in [3.8, 4) is 11.4 Å². The number of nitrogens with zero attached hydrogens (tertiary/aromatic N) is 2. The predicted molar refractivity (Wildman–Crippen MR) is 78.7 cm³/mol. The van der Waals surface area contributed by atoms with E-state index in [1.165, 1.54) is 0 Å². The summed E-state index contributed by atoms with van der Waals surface area (Å²) in [6, 6.07) is 15.4. The standard InChI is InChI=1S/C17H15N2O2/c20-11-15-3-1-2-4-17(15)21-12-14-5-7-16(8-6-14)19-10-9-18-13-19/h1-10,13H,11-12H2. The summed E-state index contributed by atoms with van der Waals surface area (Å²) in [5.41, 5.74) is 2.79. The van der Waals surface area contributed by atoms with Crippen molar-refractivity contribution in [2.75, 3.05) is 0 Å². The van der Waals surface area contributed by atoms with Gasteiger partial charge < -0.3 is 9.30 Å². The second-order valence-corrected chi connectivity index (χ2v) is 4.68. The van der Waals surface area contributed by atoms with Crippen LogP contribution in [0.25, 0.3) is 5.69 Å². The molecular formula is C17H15N2O2. The zero-order valence-corrected chi connectivity index (χ0v) is 11.5. The van der Waals surface area contributed by atoms with E-state index in [0.717, 1.165) is 11.3 Å². The molecule has 0 amide bonds. The molecule has 1 heterocycles. The first-order valence-corrected chi connectivity index (χ1v) is 6.73. The lowest BCUT2D eigenvalue weighted by Crippen LogP contribution is -1.99. The average molecular weight is 279 g/mol. The van der Waals surface area contributed by atoms with Gasteiger partial charge in [0.05, 0.1) is 6.33 Å². The van der Waals surface area contributed by atoms with E-state index in [-0.39, 0.29) is 6.61 Å². The highest BCUT2D eigenvalue weighted by atomic mass is 16.5. The van der Waals surface area contributed by atoms with Gasteiger partial charge in [0.1, 0.15) is 19.0 Å². The van der Waals surface area contributed by atoms with Gasteiger partial charge in [0.2, 0.25) is 0 Å². The Balaban J connectivity index is 1.68. The Morgan fingerprint density at radius 2 is 1.86 bits per heavy atom. The number of hydrogen-bond acceptors (Lipinski definition) is 2. The molecule has 0 saturated carbocycles. The molecule has 0 saturated heterocycles. The largest absolute Gasteiger partial charge is 0.489 e. The molecule has 0 bridgehead atoms. The quantitative estimate of drug-likeness (QED) is 0.718. The van der Waals surface area contributed by atoms with Gasteiger partial charge in [0.25, 0.3) is 0 Å². The molecule has 0 spiro atoms. The van der Waals surface area contributed by atoms with Crippen LogP contribution in [0.3, 0.4) is 0 Å². The van der Waals surface area contributed by atoms with Gasteiger partial charge in [-0.05, 0) is 23.8 Å². The van der Waals surface area contributed by atoms with Gasteiger partial charge in [-0.3, -0.25) is 0 Å². The molecule has 0 aliphatic carbocycles. The summed E-state index contributed by atoms with van der Waals surface area (Å²) in [4.78, 5) is 4.02. The van der Waals surface area contributed by atoms with Gasteiger partial charge in [-0.2, -0.15) is 0 Å². The van der Waals surface area contributed by atoms with E-state index >= 15 is 0 Å². The molecule has 2 aromatic carbocycles. The number of hydrogen-bond donors (Lipinski definition) is 0. The van der Waals surface area contributed by atoms with Crippen molar-refractivity contribution >= 4 is 0 Å². The fraction of sp³-hybridized carbons (Fsp3) is 0.118. The summed E-state index contributed by atoms with van der Waals surface area (Å²) >= 11 is 0. The molecule has 0 fully saturated rings. The van der Waals surface area contributed by atoms with Crippen LogP contribution in [-0.2, 0) is 18.3 Å². The molecule has 4 nitrogen and oxygen atoms in total. The van der Waals surface area contributed by atoms with Crippen LogP contribution in [0.1, 0.15) is 11.1 Å². The molecule has 0 N–H and O–H groups in total. The number of imidazole rings is 1. The van der Waals surface area contributed by atoms with E-state index in [1.807, 2.05) is 53.2 Å². The van der Waals surface area contributed by atoms with E-state index in [0.29, 0.717) is 17.9 Å². The third-order valence-corrected chi connectivity index (χ3v) is 3.26. The maximum Gasteiger partial charge on any atom is 0.125 e. The van der Waals surface area contributed by atoms with Crippen LogP contribution in [0.2, 0.25) is 0 Å². The smallest absolute Gasteiger partial charge is 0.125 e. The van der Waals surface area contributed by atoms with Gasteiger partial charge in [0.15, 0.2) is 0 Å². The Bertz CT molecular complexity index is 691. The van der Waals surface area contributed by atoms with E-state index in [2.05, 4.69) is 4.98 Å². The van der Waals surface area contributed by atoms with Crippen molar-refractivity contribution in [2.24, 2.45) is 0 Å². The van der Waals surface area contributed by atoms with Crippen LogP contribution in [0, 0.1) is 0 Å². The molecule has 0 aliphatic heterocycles.